The quantitative estimate of drug-likeness (QED) is 0.621. The van der Waals surface area contributed by atoms with Gasteiger partial charge in [0.25, 0.3) is 5.91 Å². The zero-order chi connectivity index (χ0) is 20.5. The molecule has 3 amide bonds. The number of benzene rings is 2. The van der Waals surface area contributed by atoms with E-state index in [-0.39, 0.29) is 24.7 Å². The zero-order valence-corrected chi connectivity index (χ0v) is 16.9. The number of hydrogen-bond donors (Lipinski definition) is 0. The van der Waals surface area contributed by atoms with Crippen LogP contribution in [0.4, 0.5) is 5.69 Å². The van der Waals surface area contributed by atoms with E-state index in [1.807, 2.05) is 36.7 Å². The number of aryl methyl sites for hydroxylation is 1. The summed E-state index contributed by atoms with van der Waals surface area (Å²) in [5.41, 5.74) is 1.76. The molecule has 0 atom stereocenters. The van der Waals surface area contributed by atoms with Crippen molar-refractivity contribution < 1.29 is 19.1 Å². The summed E-state index contributed by atoms with van der Waals surface area (Å²) in [6.45, 7) is 2.47. The van der Waals surface area contributed by atoms with Crippen LogP contribution in [-0.2, 0) is 16.6 Å². The fourth-order valence-corrected chi connectivity index (χ4v) is 4.35. The number of rotatable bonds is 4. The van der Waals surface area contributed by atoms with Crippen molar-refractivity contribution in [2.24, 2.45) is 12.0 Å². The van der Waals surface area contributed by atoms with Crippen LogP contribution in [0, 0.1) is 0 Å². The van der Waals surface area contributed by atoms with Gasteiger partial charge in [0.2, 0.25) is 11.8 Å². The molecule has 2 aromatic carbocycles. The molecule has 0 aliphatic carbocycles. The van der Waals surface area contributed by atoms with Gasteiger partial charge in [0.15, 0.2) is 4.80 Å². The van der Waals surface area contributed by atoms with Gasteiger partial charge in [0.05, 0.1) is 17.0 Å². The van der Waals surface area contributed by atoms with Gasteiger partial charge in [-0.2, -0.15) is 4.99 Å². The molecule has 0 spiro atoms. The third-order valence-corrected chi connectivity index (χ3v) is 5.80. The van der Waals surface area contributed by atoms with Gasteiger partial charge < -0.3 is 9.30 Å². The van der Waals surface area contributed by atoms with E-state index < -0.39 is 5.91 Å². The van der Waals surface area contributed by atoms with Crippen molar-refractivity contribution in [3.8, 4) is 5.75 Å². The second-order valence-electron chi connectivity index (χ2n) is 6.57. The van der Waals surface area contributed by atoms with E-state index in [0.717, 1.165) is 20.9 Å². The minimum Gasteiger partial charge on any atom is -0.492 e. The summed E-state index contributed by atoms with van der Waals surface area (Å²) < 4.78 is 8.51. The Morgan fingerprint density at radius 3 is 2.45 bits per heavy atom. The minimum absolute atomic E-state index is 0.221. The Labute approximate surface area is 170 Å². The average Bonchev–Trinajstić information content (AvgIpc) is 3.22. The Bertz CT molecular complexity index is 1170. The van der Waals surface area contributed by atoms with Crippen molar-refractivity contribution in [1.29, 1.82) is 0 Å². The molecule has 1 aromatic heterocycles. The summed E-state index contributed by atoms with van der Waals surface area (Å²) in [4.78, 5) is 42.3. The normalized spacial score (nSPS) is 14.8. The predicted molar refractivity (Wildman–Crippen MR) is 110 cm³/mol. The van der Waals surface area contributed by atoms with Crippen molar-refractivity contribution >= 4 is 45.0 Å². The van der Waals surface area contributed by atoms with E-state index >= 15 is 0 Å². The number of carbonyl (C=O) groups is 3. The fraction of sp³-hybridized carbons (Fsp3) is 0.238. The van der Waals surface area contributed by atoms with Crippen LogP contribution in [0.15, 0.2) is 47.5 Å². The highest BCUT2D eigenvalue weighted by Crippen LogP contribution is 2.27. The fourth-order valence-electron chi connectivity index (χ4n) is 3.32. The lowest BCUT2D eigenvalue weighted by Crippen LogP contribution is -2.28. The summed E-state index contributed by atoms with van der Waals surface area (Å²) in [6.07, 6.45) is 0.446. The summed E-state index contributed by atoms with van der Waals surface area (Å²) >= 11 is 1.41. The van der Waals surface area contributed by atoms with Crippen molar-refractivity contribution in [2.45, 2.75) is 19.8 Å². The lowest BCUT2D eigenvalue weighted by Gasteiger charge is -2.13. The first kappa shape index (κ1) is 19.1. The first-order valence-electron chi connectivity index (χ1n) is 9.26. The van der Waals surface area contributed by atoms with E-state index in [2.05, 4.69) is 4.99 Å². The smallest absolute Gasteiger partial charge is 0.279 e. The number of anilines is 1. The molecule has 148 valence electrons. The maximum Gasteiger partial charge on any atom is 0.279 e. The Kier molecular flexibility index (Phi) is 5.02. The Balaban J connectivity index is 1.66. The Morgan fingerprint density at radius 1 is 1.10 bits per heavy atom. The number of imide groups is 1. The number of carbonyl (C=O) groups excluding carboxylic acids is 3. The van der Waals surface area contributed by atoms with E-state index in [1.165, 1.54) is 11.3 Å². The standard InChI is InChI=1S/C21H19N3O4S/c1-3-28-15-5-4-6-16-19(15)23(2)21(29-16)22-20(27)13-7-9-14(10-8-13)24-17(25)11-12-18(24)26/h4-10H,3,11-12H2,1-2H3. The highest BCUT2D eigenvalue weighted by Gasteiger charge is 2.30. The van der Waals surface area contributed by atoms with Crippen LogP contribution in [0.25, 0.3) is 10.2 Å². The number of amides is 3. The van der Waals surface area contributed by atoms with Gasteiger partial charge in [0.1, 0.15) is 11.3 Å². The van der Waals surface area contributed by atoms with Crippen molar-refractivity contribution in [2.75, 3.05) is 11.5 Å². The van der Waals surface area contributed by atoms with Crippen molar-refractivity contribution in [3.63, 3.8) is 0 Å². The summed E-state index contributed by atoms with van der Waals surface area (Å²) in [5, 5.41) is 0. The highest BCUT2D eigenvalue weighted by atomic mass is 32.1. The van der Waals surface area contributed by atoms with E-state index in [4.69, 9.17) is 4.74 Å². The van der Waals surface area contributed by atoms with Crippen molar-refractivity contribution in [3.05, 3.63) is 52.8 Å². The molecule has 0 bridgehead atoms. The molecule has 1 fully saturated rings. The third kappa shape index (κ3) is 3.47. The first-order valence-corrected chi connectivity index (χ1v) is 10.1. The largest absolute Gasteiger partial charge is 0.492 e. The van der Waals surface area contributed by atoms with Gasteiger partial charge in [-0.15, -0.1) is 0 Å². The number of ether oxygens (including phenoxy) is 1. The van der Waals surface area contributed by atoms with Crippen LogP contribution in [-0.4, -0.2) is 28.9 Å². The molecule has 8 heteroatoms. The summed E-state index contributed by atoms with van der Waals surface area (Å²) in [7, 11) is 1.85. The molecule has 0 unspecified atom stereocenters. The average molecular weight is 409 g/mol. The predicted octanol–water partition coefficient (Wildman–Crippen LogP) is 3.03. The molecule has 0 saturated carbocycles. The summed E-state index contributed by atoms with van der Waals surface area (Å²) in [5.74, 6) is -0.0833. The molecule has 1 aliphatic rings. The molecular weight excluding hydrogens is 390 g/mol. The Hall–Kier alpha value is -3.26. The number of thiazole rings is 1. The molecule has 1 aliphatic heterocycles. The van der Waals surface area contributed by atoms with Gasteiger partial charge in [-0.25, -0.2) is 0 Å². The van der Waals surface area contributed by atoms with Gasteiger partial charge in [-0.1, -0.05) is 17.4 Å². The molecule has 0 N–H and O–H groups in total. The number of fused-ring (bicyclic) bond motifs is 1. The number of hydrogen-bond acceptors (Lipinski definition) is 5. The van der Waals surface area contributed by atoms with Crippen molar-refractivity contribution in [1.82, 2.24) is 4.57 Å². The molecule has 2 heterocycles. The van der Waals surface area contributed by atoms with Gasteiger partial charge in [0, 0.05) is 25.5 Å². The lowest BCUT2D eigenvalue weighted by atomic mass is 10.2. The monoisotopic (exact) mass is 409 g/mol. The van der Waals surface area contributed by atoms with Gasteiger partial charge in [-0.05, 0) is 43.3 Å². The molecule has 1 saturated heterocycles. The van der Waals surface area contributed by atoms with Gasteiger partial charge >= 0.3 is 0 Å². The maximum absolute atomic E-state index is 12.7. The minimum atomic E-state index is -0.393. The van der Waals surface area contributed by atoms with Crippen LogP contribution in [0.2, 0.25) is 0 Å². The maximum atomic E-state index is 12.7. The molecule has 29 heavy (non-hydrogen) atoms. The molecule has 3 aromatic rings. The molecule has 0 radical (unpaired) electrons. The molecule has 4 rings (SSSR count). The van der Waals surface area contributed by atoms with Crippen LogP contribution in [0.5, 0.6) is 5.75 Å². The van der Waals surface area contributed by atoms with E-state index in [1.54, 1.807) is 24.3 Å². The second kappa shape index (κ2) is 7.63. The van der Waals surface area contributed by atoms with Crippen LogP contribution < -0.4 is 14.4 Å². The Morgan fingerprint density at radius 2 is 1.79 bits per heavy atom. The first-order chi connectivity index (χ1) is 14.0. The van der Waals surface area contributed by atoms with E-state index in [9.17, 15) is 14.4 Å². The number of nitrogens with zero attached hydrogens (tertiary/aromatic N) is 3. The topological polar surface area (TPSA) is 81.0 Å². The molecule has 7 nitrogen and oxygen atoms in total. The van der Waals surface area contributed by atoms with E-state index in [0.29, 0.717) is 22.7 Å². The third-order valence-electron chi connectivity index (χ3n) is 4.71. The summed E-state index contributed by atoms with van der Waals surface area (Å²) in [6, 6.07) is 12.1. The SMILES string of the molecule is CCOc1cccc2sc(=NC(=O)c3ccc(N4C(=O)CCC4=O)cc3)n(C)c12. The number of para-hydroxylation sites is 1. The highest BCUT2D eigenvalue weighted by molar-refractivity contribution is 7.16. The van der Waals surface area contributed by atoms with Crippen LogP contribution in [0.1, 0.15) is 30.1 Å². The second-order valence-corrected chi connectivity index (χ2v) is 7.58. The number of aromatic nitrogens is 1. The zero-order valence-electron chi connectivity index (χ0n) is 16.0. The van der Waals surface area contributed by atoms with Crippen LogP contribution >= 0.6 is 11.3 Å². The molecular formula is C21H19N3O4S. The lowest BCUT2D eigenvalue weighted by molar-refractivity contribution is -0.121. The van der Waals surface area contributed by atoms with Crippen LogP contribution in [0.3, 0.4) is 0 Å². The van der Waals surface area contributed by atoms with Gasteiger partial charge in [-0.3, -0.25) is 19.3 Å².